The van der Waals surface area contributed by atoms with Crippen LogP contribution in [0.5, 0.6) is 0 Å². The lowest BCUT2D eigenvalue weighted by Gasteiger charge is -2.08. The van der Waals surface area contributed by atoms with E-state index in [0.717, 1.165) is 19.3 Å². The molecule has 0 aromatic carbocycles. The van der Waals surface area contributed by atoms with E-state index in [1.807, 2.05) is 12.2 Å². The number of hydrogen-bond donors (Lipinski definition) is 3. The normalized spacial score (nSPS) is 11.7. The Hall–Kier alpha value is -0.380. The Morgan fingerprint density at radius 2 is 1.75 bits per heavy atom. The van der Waals surface area contributed by atoms with Crippen LogP contribution in [0.2, 0.25) is 0 Å². The van der Waals surface area contributed by atoms with Crippen molar-refractivity contribution in [2.45, 2.75) is 19.3 Å². The Balaban J connectivity index is 3.60. The van der Waals surface area contributed by atoms with Crippen molar-refractivity contribution in [1.29, 1.82) is 0 Å². The molecule has 0 heterocycles. The van der Waals surface area contributed by atoms with E-state index >= 15 is 0 Å². The predicted octanol–water partition coefficient (Wildman–Crippen LogP) is 0.272. The van der Waals surface area contributed by atoms with Gasteiger partial charge in [-0.05, 0) is 31.7 Å². The molecule has 0 bridgehead atoms. The first-order valence-electron chi connectivity index (χ1n) is 4.43. The first kappa shape index (κ1) is 11.6. The molecule has 0 aliphatic heterocycles. The van der Waals surface area contributed by atoms with Crippen LogP contribution >= 0.6 is 0 Å². The van der Waals surface area contributed by atoms with Gasteiger partial charge in [-0.2, -0.15) is 0 Å². The van der Waals surface area contributed by atoms with Crippen molar-refractivity contribution in [3.63, 3.8) is 0 Å². The predicted molar refractivity (Wildman–Crippen MR) is 49.7 cm³/mol. The fourth-order valence-electron chi connectivity index (χ4n) is 1.05. The van der Waals surface area contributed by atoms with E-state index in [-0.39, 0.29) is 13.2 Å². The third-order valence-electron chi connectivity index (χ3n) is 1.74. The average Bonchev–Trinajstić information content (AvgIpc) is 2.06. The van der Waals surface area contributed by atoms with E-state index in [2.05, 4.69) is 0 Å². The van der Waals surface area contributed by atoms with Gasteiger partial charge in [-0.1, -0.05) is 12.2 Å². The quantitative estimate of drug-likeness (QED) is 0.484. The third-order valence-corrected chi connectivity index (χ3v) is 1.74. The molecule has 0 atom stereocenters. The van der Waals surface area contributed by atoms with Crippen LogP contribution in [0, 0.1) is 5.92 Å². The van der Waals surface area contributed by atoms with Gasteiger partial charge in [-0.15, -0.1) is 0 Å². The van der Waals surface area contributed by atoms with E-state index in [4.69, 9.17) is 15.9 Å². The Labute approximate surface area is 73.9 Å². The maximum atomic E-state index is 8.68. The maximum Gasteiger partial charge on any atom is 0.0436 e. The molecule has 0 rings (SSSR count). The summed E-state index contributed by atoms with van der Waals surface area (Å²) < 4.78 is 0. The Bertz CT molecular complexity index is 109. The Morgan fingerprint density at radius 1 is 1.17 bits per heavy atom. The molecule has 0 spiro atoms. The van der Waals surface area contributed by atoms with Crippen LogP contribution in [-0.2, 0) is 0 Å². The summed E-state index contributed by atoms with van der Waals surface area (Å²) in [7, 11) is 0. The van der Waals surface area contributed by atoms with Gasteiger partial charge in [0.1, 0.15) is 0 Å². The summed E-state index contributed by atoms with van der Waals surface area (Å²) in [4.78, 5) is 0. The summed E-state index contributed by atoms with van der Waals surface area (Å²) in [5.41, 5.74) is 5.31. The van der Waals surface area contributed by atoms with E-state index in [0.29, 0.717) is 12.5 Å². The van der Waals surface area contributed by atoms with Gasteiger partial charge in [0.2, 0.25) is 0 Å². The van der Waals surface area contributed by atoms with Gasteiger partial charge in [-0.25, -0.2) is 0 Å². The summed E-state index contributed by atoms with van der Waals surface area (Å²) in [6.07, 6.45) is 6.35. The largest absolute Gasteiger partial charge is 0.396 e. The lowest BCUT2D eigenvalue weighted by molar-refractivity contribution is 0.233. The van der Waals surface area contributed by atoms with E-state index < -0.39 is 0 Å². The van der Waals surface area contributed by atoms with Crippen molar-refractivity contribution in [2.75, 3.05) is 19.8 Å². The van der Waals surface area contributed by atoms with Gasteiger partial charge >= 0.3 is 0 Å². The highest BCUT2D eigenvalue weighted by atomic mass is 16.3. The molecule has 72 valence electrons. The molecule has 0 fully saturated rings. The highest BCUT2D eigenvalue weighted by molar-refractivity contribution is 4.88. The topological polar surface area (TPSA) is 66.5 Å². The van der Waals surface area contributed by atoms with Crippen LogP contribution in [0.25, 0.3) is 0 Å². The van der Waals surface area contributed by atoms with Gasteiger partial charge in [0.05, 0.1) is 0 Å². The SMILES string of the molecule is NCCC=CC(CCO)CCO. The van der Waals surface area contributed by atoms with Crippen molar-refractivity contribution in [2.24, 2.45) is 11.7 Å². The van der Waals surface area contributed by atoms with E-state index in [9.17, 15) is 0 Å². The molecule has 0 saturated heterocycles. The third kappa shape index (κ3) is 6.34. The molecule has 12 heavy (non-hydrogen) atoms. The van der Waals surface area contributed by atoms with Gasteiger partial charge in [0, 0.05) is 13.2 Å². The lowest BCUT2D eigenvalue weighted by atomic mass is 10.0. The summed E-state index contributed by atoms with van der Waals surface area (Å²) in [6.45, 7) is 1.01. The Morgan fingerprint density at radius 3 is 2.17 bits per heavy atom. The van der Waals surface area contributed by atoms with Crippen molar-refractivity contribution in [1.82, 2.24) is 0 Å². The highest BCUT2D eigenvalue weighted by Crippen LogP contribution is 2.09. The first-order valence-corrected chi connectivity index (χ1v) is 4.43. The molecule has 3 heteroatoms. The first-order chi connectivity index (χ1) is 5.85. The second-order valence-corrected chi connectivity index (χ2v) is 2.79. The zero-order valence-electron chi connectivity index (χ0n) is 7.45. The summed E-state index contributed by atoms with van der Waals surface area (Å²) >= 11 is 0. The standard InChI is InChI=1S/C9H19NO2/c10-6-2-1-3-9(4-7-11)5-8-12/h1,3,9,11-12H,2,4-8,10H2. The van der Waals surface area contributed by atoms with Crippen LogP contribution in [0.15, 0.2) is 12.2 Å². The number of allylic oxidation sites excluding steroid dienone is 1. The maximum absolute atomic E-state index is 8.68. The van der Waals surface area contributed by atoms with E-state index in [1.165, 1.54) is 0 Å². The molecule has 3 nitrogen and oxygen atoms in total. The molecule has 0 aliphatic carbocycles. The van der Waals surface area contributed by atoms with Gasteiger partial charge in [-0.3, -0.25) is 0 Å². The second kappa shape index (κ2) is 8.71. The summed E-state index contributed by atoms with van der Waals surface area (Å²) in [6, 6.07) is 0. The molecule has 0 aromatic rings. The van der Waals surface area contributed by atoms with Crippen LogP contribution in [-0.4, -0.2) is 30.0 Å². The van der Waals surface area contributed by atoms with Gasteiger partial charge < -0.3 is 15.9 Å². The van der Waals surface area contributed by atoms with Gasteiger partial charge in [0.25, 0.3) is 0 Å². The van der Waals surface area contributed by atoms with Crippen molar-refractivity contribution in [3.05, 3.63) is 12.2 Å². The van der Waals surface area contributed by atoms with Gasteiger partial charge in [0.15, 0.2) is 0 Å². The second-order valence-electron chi connectivity index (χ2n) is 2.79. The minimum absolute atomic E-state index is 0.178. The number of hydrogen-bond acceptors (Lipinski definition) is 3. The number of rotatable bonds is 7. The molecule has 4 N–H and O–H groups in total. The summed E-state index contributed by atoms with van der Waals surface area (Å²) in [5.74, 6) is 0.298. The van der Waals surface area contributed by atoms with Crippen LogP contribution in [0.3, 0.4) is 0 Å². The molecule has 0 aliphatic rings. The average molecular weight is 173 g/mol. The number of aliphatic hydroxyl groups excluding tert-OH is 2. The minimum Gasteiger partial charge on any atom is -0.396 e. The lowest BCUT2D eigenvalue weighted by Crippen LogP contribution is -2.03. The zero-order chi connectivity index (χ0) is 9.23. The molecule has 0 saturated carbocycles. The minimum atomic E-state index is 0.178. The zero-order valence-corrected chi connectivity index (χ0v) is 7.45. The molecule has 0 aromatic heterocycles. The molecule has 0 radical (unpaired) electrons. The number of nitrogens with two attached hydrogens (primary N) is 1. The van der Waals surface area contributed by atoms with Crippen LogP contribution in [0.4, 0.5) is 0 Å². The van der Waals surface area contributed by atoms with Crippen LogP contribution < -0.4 is 5.73 Å². The van der Waals surface area contributed by atoms with Crippen LogP contribution in [0.1, 0.15) is 19.3 Å². The van der Waals surface area contributed by atoms with Crippen molar-refractivity contribution < 1.29 is 10.2 Å². The Kier molecular flexibility index (Phi) is 8.44. The highest BCUT2D eigenvalue weighted by Gasteiger charge is 2.01. The molecule has 0 amide bonds. The van der Waals surface area contributed by atoms with E-state index in [1.54, 1.807) is 0 Å². The van der Waals surface area contributed by atoms with Crippen molar-refractivity contribution in [3.8, 4) is 0 Å². The smallest absolute Gasteiger partial charge is 0.0436 e. The monoisotopic (exact) mass is 173 g/mol. The summed E-state index contributed by atoms with van der Waals surface area (Å²) in [5, 5.41) is 17.4. The molecule has 0 unspecified atom stereocenters. The number of aliphatic hydroxyl groups is 2. The molecular formula is C9H19NO2. The molecular weight excluding hydrogens is 154 g/mol. The van der Waals surface area contributed by atoms with Crippen molar-refractivity contribution >= 4 is 0 Å². The fourth-order valence-corrected chi connectivity index (χ4v) is 1.05. The fraction of sp³-hybridized carbons (Fsp3) is 0.778.